The molecule has 1 fully saturated rings. The van der Waals surface area contributed by atoms with E-state index in [1.807, 2.05) is 0 Å². The summed E-state index contributed by atoms with van der Waals surface area (Å²) in [5, 5.41) is 11.8. The van der Waals surface area contributed by atoms with Gasteiger partial charge in [-0.2, -0.15) is 0 Å². The Kier molecular flexibility index (Phi) is 6.58. The van der Waals surface area contributed by atoms with Gasteiger partial charge in [-0.1, -0.05) is 0 Å². The molecule has 7 heteroatoms. The molecule has 1 aliphatic heterocycles. The number of hydrogen-bond acceptors (Lipinski definition) is 4. The van der Waals surface area contributed by atoms with Gasteiger partial charge in [0, 0.05) is 27.3 Å². The SMILES string of the molecule is COCC(CNC(=O)N1CCCCC1C(=O)O)OC. The lowest BCUT2D eigenvalue weighted by Crippen LogP contribution is -2.53. The van der Waals surface area contributed by atoms with Crippen LogP contribution in [0, 0.1) is 0 Å². The third-order valence-corrected chi connectivity index (χ3v) is 3.22. The van der Waals surface area contributed by atoms with E-state index in [0.29, 0.717) is 26.1 Å². The van der Waals surface area contributed by atoms with Crippen molar-refractivity contribution in [1.29, 1.82) is 0 Å². The summed E-state index contributed by atoms with van der Waals surface area (Å²) < 4.78 is 10.1. The highest BCUT2D eigenvalue weighted by Gasteiger charge is 2.31. The van der Waals surface area contributed by atoms with Gasteiger partial charge in [-0.25, -0.2) is 9.59 Å². The van der Waals surface area contributed by atoms with Crippen LogP contribution >= 0.6 is 0 Å². The Bertz CT molecular complexity index is 310. The second-order valence-electron chi connectivity index (χ2n) is 4.54. The molecule has 2 unspecified atom stereocenters. The minimum Gasteiger partial charge on any atom is -0.480 e. The molecule has 2 N–H and O–H groups in total. The normalized spacial score (nSPS) is 20.9. The minimum absolute atomic E-state index is 0.234. The number of carboxylic acids is 1. The number of aliphatic carboxylic acids is 1. The minimum atomic E-state index is -0.949. The second-order valence-corrected chi connectivity index (χ2v) is 4.54. The van der Waals surface area contributed by atoms with Crippen molar-refractivity contribution in [2.75, 3.05) is 33.9 Å². The molecular formula is C12H22N2O5. The zero-order chi connectivity index (χ0) is 14.3. The van der Waals surface area contributed by atoms with Crippen molar-refractivity contribution in [3.63, 3.8) is 0 Å². The van der Waals surface area contributed by atoms with Crippen LogP contribution in [0.5, 0.6) is 0 Å². The molecule has 0 aliphatic carbocycles. The van der Waals surface area contributed by atoms with E-state index in [2.05, 4.69) is 5.32 Å². The quantitative estimate of drug-likeness (QED) is 0.727. The number of ether oxygens (including phenoxy) is 2. The van der Waals surface area contributed by atoms with Crippen LogP contribution in [0.2, 0.25) is 0 Å². The Morgan fingerprint density at radius 2 is 2.16 bits per heavy atom. The van der Waals surface area contributed by atoms with Gasteiger partial charge in [-0.3, -0.25) is 0 Å². The van der Waals surface area contributed by atoms with Gasteiger partial charge in [0.25, 0.3) is 0 Å². The molecular weight excluding hydrogens is 252 g/mol. The van der Waals surface area contributed by atoms with Crippen LogP contribution in [0.3, 0.4) is 0 Å². The molecule has 110 valence electrons. The maximum atomic E-state index is 12.0. The molecule has 1 saturated heterocycles. The number of nitrogens with zero attached hydrogens (tertiary/aromatic N) is 1. The molecule has 0 aromatic carbocycles. The highest BCUT2D eigenvalue weighted by Crippen LogP contribution is 2.17. The third kappa shape index (κ3) is 4.68. The number of carboxylic acid groups (broad SMARTS) is 1. The van der Waals surface area contributed by atoms with E-state index < -0.39 is 12.0 Å². The summed E-state index contributed by atoms with van der Waals surface area (Å²) in [6, 6.07) is -1.08. The van der Waals surface area contributed by atoms with Gasteiger partial charge in [-0.15, -0.1) is 0 Å². The van der Waals surface area contributed by atoms with Gasteiger partial charge in [0.15, 0.2) is 0 Å². The summed E-state index contributed by atoms with van der Waals surface area (Å²) in [7, 11) is 3.09. The highest BCUT2D eigenvalue weighted by atomic mass is 16.5. The zero-order valence-corrected chi connectivity index (χ0v) is 11.4. The molecule has 7 nitrogen and oxygen atoms in total. The molecule has 0 aromatic heterocycles. The summed E-state index contributed by atoms with van der Waals surface area (Å²) >= 11 is 0. The van der Waals surface area contributed by atoms with E-state index in [1.165, 1.54) is 12.0 Å². The van der Waals surface area contributed by atoms with E-state index in [4.69, 9.17) is 14.6 Å². The number of carbonyl (C=O) groups excluding carboxylic acids is 1. The third-order valence-electron chi connectivity index (χ3n) is 3.22. The Morgan fingerprint density at radius 1 is 1.42 bits per heavy atom. The zero-order valence-electron chi connectivity index (χ0n) is 11.4. The maximum absolute atomic E-state index is 12.0. The van der Waals surface area contributed by atoms with E-state index in [-0.39, 0.29) is 12.1 Å². The molecule has 2 amide bonds. The molecule has 0 saturated carbocycles. The molecule has 2 atom stereocenters. The van der Waals surface area contributed by atoms with E-state index >= 15 is 0 Å². The van der Waals surface area contributed by atoms with Crippen LogP contribution in [0.1, 0.15) is 19.3 Å². The molecule has 1 heterocycles. The summed E-state index contributed by atoms with van der Waals surface area (Å²) in [5.74, 6) is -0.949. The monoisotopic (exact) mass is 274 g/mol. The molecule has 0 bridgehead atoms. The molecule has 0 radical (unpaired) electrons. The highest BCUT2D eigenvalue weighted by molar-refractivity contribution is 5.82. The van der Waals surface area contributed by atoms with Gasteiger partial charge in [-0.05, 0) is 19.3 Å². The first kappa shape index (κ1) is 15.7. The number of likely N-dealkylation sites (tertiary alicyclic amines) is 1. The van der Waals surface area contributed by atoms with Crippen LogP contribution in [0.15, 0.2) is 0 Å². The lowest BCUT2D eigenvalue weighted by Gasteiger charge is -2.33. The van der Waals surface area contributed by atoms with Crippen LogP contribution in [0.25, 0.3) is 0 Å². The first-order chi connectivity index (χ1) is 9.10. The number of carbonyl (C=O) groups is 2. The molecule has 19 heavy (non-hydrogen) atoms. The van der Waals surface area contributed by atoms with Crippen LogP contribution < -0.4 is 5.32 Å². The Hall–Kier alpha value is -1.34. The number of amides is 2. The first-order valence-corrected chi connectivity index (χ1v) is 6.39. The lowest BCUT2D eigenvalue weighted by atomic mass is 10.0. The Balaban J connectivity index is 2.48. The molecule has 0 aromatic rings. The van der Waals surface area contributed by atoms with Gasteiger partial charge in [0.2, 0.25) is 0 Å². The van der Waals surface area contributed by atoms with Gasteiger partial charge < -0.3 is 24.8 Å². The summed E-state index contributed by atoms with van der Waals surface area (Å²) in [4.78, 5) is 24.5. The fraction of sp³-hybridized carbons (Fsp3) is 0.833. The van der Waals surface area contributed by atoms with Gasteiger partial charge in [0.05, 0.1) is 12.7 Å². The summed E-state index contributed by atoms with van der Waals surface area (Å²) in [6.45, 7) is 1.15. The predicted octanol–water partition coefficient (Wildman–Crippen LogP) is 0.297. The average molecular weight is 274 g/mol. The smallest absolute Gasteiger partial charge is 0.326 e. The number of nitrogens with one attached hydrogen (secondary N) is 1. The topological polar surface area (TPSA) is 88.1 Å². The average Bonchev–Trinajstić information content (AvgIpc) is 2.43. The first-order valence-electron chi connectivity index (χ1n) is 6.39. The Morgan fingerprint density at radius 3 is 2.74 bits per heavy atom. The standard InChI is InChI=1S/C12H22N2O5/c1-18-8-9(19-2)7-13-12(17)14-6-4-3-5-10(14)11(15)16/h9-10H,3-8H2,1-2H3,(H,13,17)(H,15,16). The van der Waals surface area contributed by atoms with Crippen molar-refractivity contribution in [1.82, 2.24) is 10.2 Å². The lowest BCUT2D eigenvalue weighted by molar-refractivity contribution is -0.143. The van der Waals surface area contributed by atoms with Crippen molar-refractivity contribution >= 4 is 12.0 Å². The number of urea groups is 1. The number of piperidine rings is 1. The maximum Gasteiger partial charge on any atom is 0.326 e. The van der Waals surface area contributed by atoms with Crippen molar-refractivity contribution in [2.24, 2.45) is 0 Å². The largest absolute Gasteiger partial charge is 0.480 e. The van der Waals surface area contributed by atoms with E-state index in [1.54, 1.807) is 7.11 Å². The Labute approximate surface area is 112 Å². The molecule has 1 aliphatic rings. The predicted molar refractivity (Wildman–Crippen MR) is 68.1 cm³/mol. The number of rotatable bonds is 6. The van der Waals surface area contributed by atoms with Crippen molar-refractivity contribution in [2.45, 2.75) is 31.4 Å². The van der Waals surface area contributed by atoms with Crippen molar-refractivity contribution in [3.8, 4) is 0 Å². The van der Waals surface area contributed by atoms with E-state index in [0.717, 1.165) is 12.8 Å². The molecule has 0 spiro atoms. The van der Waals surface area contributed by atoms with Gasteiger partial charge in [0.1, 0.15) is 6.04 Å². The number of hydrogen-bond donors (Lipinski definition) is 2. The summed E-state index contributed by atoms with van der Waals surface area (Å²) in [6.07, 6.45) is 1.95. The van der Waals surface area contributed by atoms with Crippen LogP contribution in [-0.4, -0.2) is 68.1 Å². The van der Waals surface area contributed by atoms with Crippen LogP contribution in [-0.2, 0) is 14.3 Å². The fourth-order valence-electron chi connectivity index (χ4n) is 2.13. The molecule has 1 rings (SSSR count). The van der Waals surface area contributed by atoms with Gasteiger partial charge >= 0.3 is 12.0 Å². The second kappa shape index (κ2) is 7.96. The van der Waals surface area contributed by atoms with Crippen molar-refractivity contribution < 1.29 is 24.2 Å². The summed E-state index contributed by atoms with van der Waals surface area (Å²) in [5.41, 5.74) is 0. The number of methoxy groups -OCH3 is 2. The van der Waals surface area contributed by atoms with E-state index in [9.17, 15) is 9.59 Å². The van der Waals surface area contributed by atoms with Crippen molar-refractivity contribution in [3.05, 3.63) is 0 Å². The fourth-order valence-corrected chi connectivity index (χ4v) is 2.13. The van der Waals surface area contributed by atoms with Crippen LogP contribution in [0.4, 0.5) is 4.79 Å².